The van der Waals surface area contributed by atoms with Gasteiger partial charge in [-0.05, 0) is 35.2 Å². The molecule has 0 spiro atoms. The van der Waals surface area contributed by atoms with Crippen molar-refractivity contribution in [3.63, 3.8) is 0 Å². The Labute approximate surface area is 115 Å². The lowest BCUT2D eigenvalue weighted by molar-refractivity contribution is -0.137. The number of benzene rings is 1. The van der Waals surface area contributed by atoms with Crippen LogP contribution in [-0.4, -0.2) is 12.6 Å². The molecule has 0 bridgehead atoms. The summed E-state index contributed by atoms with van der Waals surface area (Å²) in [5.41, 5.74) is 0.761. The molecule has 0 amide bonds. The lowest BCUT2D eigenvalue weighted by Crippen LogP contribution is -2.03. The first-order chi connectivity index (χ1) is 9.24. The highest BCUT2D eigenvalue weighted by atomic mass is 32.1. The molecule has 1 aromatic heterocycles. The van der Waals surface area contributed by atoms with Crippen LogP contribution in [0.4, 0.5) is 4.39 Å². The minimum absolute atomic E-state index is 0.296. The molecule has 0 N–H and O–H groups in total. The second kappa shape index (κ2) is 6.85. The van der Waals surface area contributed by atoms with Crippen LogP contribution in [-0.2, 0) is 16.0 Å². The van der Waals surface area contributed by atoms with Gasteiger partial charge in [-0.3, -0.25) is 0 Å². The number of esters is 1. The summed E-state index contributed by atoms with van der Waals surface area (Å²) in [7, 11) is 0. The van der Waals surface area contributed by atoms with E-state index in [2.05, 4.69) is 0 Å². The smallest absolute Gasteiger partial charge is 0.330 e. The van der Waals surface area contributed by atoms with Crippen LogP contribution in [0.25, 0.3) is 6.08 Å². The van der Waals surface area contributed by atoms with Crippen molar-refractivity contribution in [3.05, 3.63) is 64.1 Å². The summed E-state index contributed by atoms with van der Waals surface area (Å²) in [6.07, 6.45) is 3.68. The van der Waals surface area contributed by atoms with Crippen LogP contribution in [0.1, 0.15) is 10.4 Å². The zero-order valence-electron chi connectivity index (χ0n) is 10.2. The third-order valence-electron chi connectivity index (χ3n) is 2.45. The number of hydrogen-bond donors (Lipinski definition) is 0. The fraction of sp³-hybridized carbons (Fsp3) is 0.133. The van der Waals surface area contributed by atoms with E-state index >= 15 is 0 Å². The third-order valence-corrected chi connectivity index (χ3v) is 3.39. The Morgan fingerprint density at radius 1 is 1.26 bits per heavy atom. The number of halogens is 1. The molecule has 2 nitrogen and oxygen atoms in total. The summed E-state index contributed by atoms with van der Waals surface area (Å²) in [6.45, 7) is 0.368. The standard InChI is InChI=1S/C15H13FO2S/c16-13-6-3-12(4-7-13)5-8-15(17)18-10-9-14-2-1-11-19-14/h1-8,11H,9-10H2. The van der Waals surface area contributed by atoms with Gasteiger partial charge in [0.1, 0.15) is 5.82 Å². The monoisotopic (exact) mass is 276 g/mol. The van der Waals surface area contributed by atoms with Crippen molar-refractivity contribution in [2.45, 2.75) is 6.42 Å². The molecule has 4 heteroatoms. The normalized spacial score (nSPS) is 10.8. The molecule has 0 unspecified atom stereocenters. The van der Waals surface area contributed by atoms with Crippen molar-refractivity contribution in [2.24, 2.45) is 0 Å². The van der Waals surface area contributed by atoms with Crippen LogP contribution in [0.3, 0.4) is 0 Å². The topological polar surface area (TPSA) is 26.3 Å². The average Bonchev–Trinajstić information content (AvgIpc) is 2.91. The van der Waals surface area contributed by atoms with Gasteiger partial charge >= 0.3 is 5.97 Å². The average molecular weight is 276 g/mol. The molecule has 2 aromatic rings. The van der Waals surface area contributed by atoms with E-state index in [-0.39, 0.29) is 11.8 Å². The SMILES string of the molecule is O=C(C=Cc1ccc(F)cc1)OCCc1cccs1. The van der Waals surface area contributed by atoms with Gasteiger partial charge in [0.25, 0.3) is 0 Å². The van der Waals surface area contributed by atoms with Crippen LogP contribution in [0.2, 0.25) is 0 Å². The first-order valence-electron chi connectivity index (χ1n) is 5.87. The molecule has 1 heterocycles. The molecule has 0 fully saturated rings. The van der Waals surface area contributed by atoms with Gasteiger partial charge in [0, 0.05) is 17.4 Å². The molecule has 1 aromatic carbocycles. The van der Waals surface area contributed by atoms with Gasteiger partial charge in [-0.1, -0.05) is 18.2 Å². The molecule has 2 rings (SSSR count). The van der Waals surface area contributed by atoms with Gasteiger partial charge in [0.15, 0.2) is 0 Å². The molecule has 0 aliphatic heterocycles. The van der Waals surface area contributed by atoms with E-state index in [0.29, 0.717) is 6.61 Å². The lowest BCUT2D eigenvalue weighted by atomic mass is 10.2. The highest BCUT2D eigenvalue weighted by Crippen LogP contribution is 2.09. The van der Waals surface area contributed by atoms with Crippen molar-refractivity contribution >= 4 is 23.4 Å². The number of rotatable bonds is 5. The molecule has 19 heavy (non-hydrogen) atoms. The van der Waals surface area contributed by atoms with E-state index in [1.54, 1.807) is 29.5 Å². The van der Waals surface area contributed by atoms with E-state index in [1.807, 2.05) is 17.5 Å². The molecule has 0 aliphatic rings. The summed E-state index contributed by atoms with van der Waals surface area (Å²) in [5.74, 6) is -0.684. The Balaban J connectivity index is 1.76. The zero-order valence-corrected chi connectivity index (χ0v) is 11.0. The van der Waals surface area contributed by atoms with E-state index < -0.39 is 0 Å². The number of ether oxygens (including phenoxy) is 1. The van der Waals surface area contributed by atoms with Crippen molar-refractivity contribution in [2.75, 3.05) is 6.61 Å². The maximum atomic E-state index is 12.7. The van der Waals surface area contributed by atoms with Crippen LogP contribution in [0.5, 0.6) is 0 Å². The van der Waals surface area contributed by atoms with Crippen LogP contribution in [0, 0.1) is 5.82 Å². The summed E-state index contributed by atoms with van der Waals surface area (Å²) in [6, 6.07) is 9.88. The number of thiophene rings is 1. The molecular weight excluding hydrogens is 263 g/mol. The van der Waals surface area contributed by atoms with Gasteiger partial charge in [-0.15, -0.1) is 11.3 Å². The van der Waals surface area contributed by atoms with Gasteiger partial charge in [0.2, 0.25) is 0 Å². The number of hydrogen-bond acceptors (Lipinski definition) is 3. The lowest BCUT2D eigenvalue weighted by Gasteiger charge is -2.00. The van der Waals surface area contributed by atoms with Crippen LogP contribution in [0.15, 0.2) is 47.9 Å². The maximum absolute atomic E-state index is 12.7. The molecule has 0 saturated heterocycles. The van der Waals surface area contributed by atoms with Gasteiger partial charge in [-0.25, -0.2) is 9.18 Å². The van der Waals surface area contributed by atoms with E-state index in [9.17, 15) is 9.18 Å². The summed E-state index contributed by atoms with van der Waals surface area (Å²) in [4.78, 5) is 12.6. The van der Waals surface area contributed by atoms with E-state index in [4.69, 9.17) is 4.74 Å². The molecule has 0 atom stereocenters. The second-order valence-corrected chi connectivity index (χ2v) is 4.91. The summed E-state index contributed by atoms with van der Waals surface area (Å²) in [5, 5.41) is 1.99. The Morgan fingerprint density at radius 3 is 2.74 bits per heavy atom. The first kappa shape index (κ1) is 13.5. The Bertz CT molecular complexity index is 544. The minimum atomic E-state index is -0.388. The Kier molecular flexibility index (Phi) is 4.86. The third kappa shape index (κ3) is 4.67. The first-order valence-corrected chi connectivity index (χ1v) is 6.75. The predicted molar refractivity (Wildman–Crippen MR) is 74.4 cm³/mol. The predicted octanol–water partition coefficient (Wildman–Crippen LogP) is 3.69. The minimum Gasteiger partial charge on any atom is -0.462 e. The molecule has 98 valence electrons. The highest BCUT2D eigenvalue weighted by Gasteiger charge is 1.99. The van der Waals surface area contributed by atoms with Crippen LogP contribution >= 0.6 is 11.3 Å². The van der Waals surface area contributed by atoms with Crippen molar-refractivity contribution in [1.29, 1.82) is 0 Å². The summed E-state index contributed by atoms with van der Waals surface area (Å²) >= 11 is 1.64. The largest absolute Gasteiger partial charge is 0.462 e. The van der Waals surface area contributed by atoms with Gasteiger partial charge in [-0.2, -0.15) is 0 Å². The zero-order chi connectivity index (χ0) is 13.5. The highest BCUT2D eigenvalue weighted by molar-refractivity contribution is 7.09. The van der Waals surface area contributed by atoms with Crippen molar-refractivity contribution in [3.8, 4) is 0 Å². The summed E-state index contributed by atoms with van der Waals surface area (Å²) < 4.78 is 17.7. The van der Waals surface area contributed by atoms with Crippen LogP contribution < -0.4 is 0 Å². The Morgan fingerprint density at radius 2 is 2.05 bits per heavy atom. The quantitative estimate of drug-likeness (QED) is 0.615. The molecular formula is C15H13FO2S. The van der Waals surface area contributed by atoms with E-state index in [1.165, 1.54) is 23.1 Å². The molecule has 0 saturated carbocycles. The fourth-order valence-corrected chi connectivity index (χ4v) is 2.18. The van der Waals surface area contributed by atoms with Crippen molar-refractivity contribution in [1.82, 2.24) is 0 Å². The second-order valence-electron chi connectivity index (χ2n) is 3.88. The fourth-order valence-electron chi connectivity index (χ4n) is 1.49. The molecule has 0 radical (unpaired) electrons. The number of carbonyl (C=O) groups excluding carboxylic acids is 1. The van der Waals surface area contributed by atoms with Gasteiger partial charge in [0.05, 0.1) is 6.61 Å². The maximum Gasteiger partial charge on any atom is 0.330 e. The van der Waals surface area contributed by atoms with E-state index in [0.717, 1.165) is 12.0 Å². The molecule has 0 aliphatic carbocycles. The Hall–Kier alpha value is -1.94. The number of carbonyl (C=O) groups is 1. The van der Waals surface area contributed by atoms with Gasteiger partial charge < -0.3 is 4.74 Å². The van der Waals surface area contributed by atoms with Crippen molar-refractivity contribution < 1.29 is 13.9 Å².